The van der Waals surface area contributed by atoms with Crippen LogP contribution in [0.3, 0.4) is 0 Å². The second kappa shape index (κ2) is 7.98. The van der Waals surface area contributed by atoms with E-state index < -0.39 is 5.97 Å². The van der Waals surface area contributed by atoms with Crippen molar-refractivity contribution in [1.29, 1.82) is 0 Å². The van der Waals surface area contributed by atoms with Gasteiger partial charge in [0.15, 0.2) is 0 Å². The smallest absolute Gasteiger partial charge is 0.309 e. The van der Waals surface area contributed by atoms with Gasteiger partial charge in [0.25, 0.3) is 0 Å². The molecule has 0 atom stereocenters. The number of carboxylic acid groups (broad SMARTS) is 1. The van der Waals surface area contributed by atoms with Crippen molar-refractivity contribution in [1.82, 2.24) is 4.90 Å². The quantitative estimate of drug-likeness (QED) is 0.477. The summed E-state index contributed by atoms with van der Waals surface area (Å²) in [4.78, 5) is 13.0. The molecule has 0 unspecified atom stereocenters. The minimum Gasteiger partial charge on any atom is -0.481 e. The Hall–Kier alpha value is -2.66. The van der Waals surface area contributed by atoms with Crippen molar-refractivity contribution in [3.8, 4) is 11.3 Å². The molecule has 2 aliphatic carbocycles. The van der Waals surface area contributed by atoms with Crippen LogP contribution in [0.1, 0.15) is 56.1 Å². The largest absolute Gasteiger partial charge is 0.481 e. The Morgan fingerprint density at radius 1 is 1.06 bits per heavy atom. The molecule has 5 heteroatoms. The van der Waals surface area contributed by atoms with Crippen molar-refractivity contribution in [3.63, 3.8) is 0 Å². The van der Waals surface area contributed by atoms with Crippen LogP contribution in [0.4, 0.5) is 4.39 Å². The Bertz CT molecular complexity index is 1200. The number of carboxylic acids is 1. The summed E-state index contributed by atoms with van der Waals surface area (Å²) >= 11 is 0. The summed E-state index contributed by atoms with van der Waals surface area (Å²) in [6, 6.07) is 13.8. The lowest BCUT2D eigenvalue weighted by Crippen LogP contribution is -2.49. The molecule has 3 aliphatic rings. The predicted octanol–water partition coefficient (Wildman–Crippen LogP) is 6.37. The van der Waals surface area contributed by atoms with Crippen LogP contribution in [0.2, 0.25) is 0 Å². The Labute approximate surface area is 193 Å². The molecular formula is C28H30FNO3. The van der Waals surface area contributed by atoms with Gasteiger partial charge in [-0.2, -0.15) is 0 Å². The number of halogens is 1. The fourth-order valence-corrected chi connectivity index (χ4v) is 6.17. The van der Waals surface area contributed by atoms with E-state index in [0.717, 1.165) is 22.5 Å². The first-order chi connectivity index (χ1) is 16.0. The number of hydrogen-bond acceptors (Lipinski definition) is 3. The normalized spacial score (nSPS) is 21.2. The van der Waals surface area contributed by atoms with Gasteiger partial charge < -0.3 is 9.52 Å². The van der Waals surface area contributed by atoms with Crippen LogP contribution in [-0.4, -0.2) is 29.1 Å². The lowest BCUT2D eigenvalue weighted by molar-refractivity contribution is -0.147. The van der Waals surface area contributed by atoms with Gasteiger partial charge in [0.1, 0.15) is 17.2 Å². The van der Waals surface area contributed by atoms with Crippen molar-refractivity contribution in [2.45, 2.75) is 56.9 Å². The highest BCUT2D eigenvalue weighted by Crippen LogP contribution is 2.58. The third-order valence-corrected chi connectivity index (χ3v) is 8.28. The Morgan fingerprint density at radius 3 is 2.55 bits per heavy atom. The van der Waals surface area contributed by atoms with Crippen molar-refractivity contribution in [3.05, 3.63) is 59.4 Å². The lowest BCUT2D eigenvalue weighted by Gasteiger charge is -2.36. The maximum absolute atomic E-state index is 15.0. The number of aliphatic carboxylic acids is 1. The molecule has 2 saturated carbocycles. The number of benzene rings is 2. The number of rotatable bonds is 6. The van der Waals surface area contributed by atoms with Crippen LogP contribution in [0.15, 0.2) is 46.9 Å². The average molecular weight is 448 g/mol. The second-order valence-electron chi connectivity index (χ2n) is 10.4. The van der Waals surface area contributed by atoms with Gasteiger partial charge in [0.2, 0.25) is 0 Å². The highest BCUT2D eigenvalue weighted by molar-refractivity contribution is 5.84. The highest BCUT2D eigenvalue weighted by Gasteiger charge is 2.50. The van der Waals surface area contributed by atoms with Crippen LogP contribution in [0.5, 0.6) is 0 Å². The minimum atomic E-state index is -0.757. The van der Waals surface area contributed by atoms with Gasteiger partial charge in [-0.3, -0.25) is 9.69 Å². The standard InChI is InChI=1S/C28H30FNO3/c29-24-12-18(15-30-16-20(17-30)27(31)32)6-9-23(24)26-13-19-7-8-22(14-25(19)33-26)28(10-11-28)21-4-2-1-3-5-21/h6-9,12-14,20-21H,1-5,10-11,15-17H2,(H,31,32). The van der Waals surface area contributed by atoms with E-state index in [0.29, 0.717) is 36.4 Å². The molecule has 33 heavy (non-hydrogen) atoms. The van der Waals surface area contributed by atoms with Gasteiger partial charge in [0, 0.05) is 25.0 Å². The minimum absolute atomic E-state index is 0.303. The van der Waals surface area contributed by atoms with E-state index in [2.05, 4.69) is 18.2 Å². The molecule has 0 bridgehead atoms. The van der Waals surface area contributed by atoms with E-state index in [9.17, 15) is 9.18 Å². The number of likely N-dealkylation sites (tertiary alicyclic amines) is 1. The number of furan rings is 1. The number of fused-ring (bicyclic) bond motifs is 1. The zero-order valence-electron chi connectivity index (χ0n) is 18.9. The first-order valence-corrected chi connectivity index (χ1v) is 12.3. The van der Waals surface area contributed by atoms with Crippen LogP contribution >= 0.6 is 0 Å². The number of nitrogens with zero attached hydrogens (tertiary/aromatic N) is 1. The van der Waals surface area contributed by atoms with E-state index >= 15 is 0 Å². The third-order valence-electron chi connectivity index (χ3n) is 8.28. The molecule has 1 aromatic heterocycles. The lowest BCUT2D eigenvalue weighted by atomic mass is 9.74. The highest BCUT2D eigenvalue weighted by atomic mass is 19.1. The van der Waals surface area contributed by atoms with Crippen LogP contribution in [-0.2, 0) is 16.8 Å². The summed E-state index contributed by atoms with van der Waals surface area (Å²) in [6.07, 6.45) is 9.31. The summed E-state index contributed by atoms with van der Waals surface area (Å²) in [5, 5.41) is 10.0. The molecule has 1 N–H and O–H groups in total. The topological polar surface area (TPSA) is 53.7 Å². The van der Waals surface area contributed by atoms with Gasteiger partial charge in [-0.1, -0.05) is 37.5 Å². The summed E-state index contributed by atoms with van der Waals surface area (Å²) in [7, 11) is 0. The summed E-state index contributed by atoms with van der Waals surface area (Å²) in [5.74, 6) is -0.0125. The molecule has 3 aromatic rings. The van der Waals surface area contributed by atoms with Gasteiger partial charge in [-0.25, -0.2) is 4.39 Å². The average Bonchev–Trinajstić information content (AvgIpc) is 3.49. The van der Waals surface area contributed by atoms with Crippen molar-refractivity contribution < 1.29 is 18.7 Å². The first-order valence-electron chi connectivity index (χ1n) is 12.3. The van der Waals surface area contributed by atoms with E-state index in [-0.39, 0.29) is 11.7 Å². The molecule has 2 aromatic carbocycles. The van der Waals surface area contributed by atoms with E-state index in [4.69, 9.17) is 9.52 Å². The van der Waals surface area contributed by atoms with Gasteiger partial charge in [0.05, 0.1) is 11.5 Å². The Balaban J connectivity index is 1.22. The van der Waals surface area contributed by atoms with Crippen LogP contribution in [0, 0.1) is 17.7 Å². The van der Waals surface area contributed by atoms with Gasteiger partial charge >= 0.3 is 5.97 Å². The second-order valence-corrected chi connectivity index (χ2v) is 10.4. The van der Waals surface area contributed by atoms with Crippen molar-refractivity contribution in [2.75, 3.05) is 13.1 Å². The molecule has 1 aliphatic heterocycles. The van der Waals surface area contributed by atoms with Crippen LogP contribution < -0.4 is 0 Å². The summed E-state index contributed by atoms with van der Waals surface area (Å²) in [6.45, 7) is 1.60. The number of carbonyl (C=O) groups is 1. The molecular weight excluding hydrogens is 417 g/mol. The Kier molecular flexibility index (Phi) is 5.06. The van der Waals surface area contributed by atoms with E-state index in [1.807, 2.05) is 17.0 Å². The molecule has 2 heterocycles. The molecule has 4 nitrogen and oxygen atoms in total. The summed E-state index contributed by atoms with van der Waals surface area (Å²) in [5.41, 5.74) is 3.89. The molecule has 0 amide bonds. The first kappa shape index (κ1) is 20.9. The van der Waals surface area contributed by atoms with Crippen molar-refractivity contribution >= 4 is 16.9 Å². The van der Waals surface area contributed by atoms with Crippen LogP contribution in [0.25, 0.3) is 22.3 Å². The van der Waals surface area contributed by atoms with Gasteiger partial charge in [-0.15, -0.1) is 0 Å². The zero-order chi connectivity index (χ0) is 22.6. The maximum Gasteiger partial charge on any atom is 0.309 e. The zero-order valence-corrected chi connectivity index (χ0v) is 18.9. The Morgan fingerprint density at radius 2 is 1.85 bits per heavy atom. The third kappa shape index (κ3) is 3.76. The molecule has 3 fully saturated rings. The van der Waals surface area contributed by atoms with E-state index in [1.54, 1.807) is 12.1 Å². The molecule has 1 saturated heterocycles. The fraction of sp³-hybridized carbons (Fsp3) is 0.464. The SMILES string of the molecule is O=C(O)C1CN(Cc2ccc(-c3cc4ccc(C5(C6CCCCC6)CC5)cc4o3)c(F)c2)C1. The summed E-state index contributed by atoms with van der Waals surface area (Å²) < 4.78 is 21.2. The van der Waals surface area contributed by atoms with Crippen molar-refractivity contribution in [2.24, 2.45) is 11.8 Å². The van der Waals surface area contributed by atoms with E-state index in [1.165, 1.54) is 50.5 Å². The molecule has 0 spiro atoms. The van der Waals surface area contributed by atoms with Gasteiger partial charge in [-0.05, 0) is 72.4 Å². The predicted molar refractivity (Wildman–Crippen MR) is 125 cm³/mol. The number of hydrogen-bond donors (Lipinski definition) is 1. The monoisotopic (exact) mass is 447 g/mol. The molecule has 0 radical (unpaired) electrons. The molecule has 6 rings (SSSR count). The molecule has 172 valence electrons. The fourth-order valence-electron chi connectivity index (χ4n) is 6.17. The maximum atomic E-state index is 15.0.